The Morgan fingerprint density at radius 3 is 2.52 bits per heavy atom. The van der Waals surface area contributed by atoms with Gasteiger partial charge in [0.25, 0.3) is 11.8 Å². The summed E-state index contributed by atoms with van der Waals surface area (Å²) in [6, 6.07) is 17.8. The zero-order chi connectivity index (χ0) is 22.2. The van der Waals surface area contributed by atoms with E-state index in [0.29, 0.717) is 23.5 Å². The summed E-state index contributed by atoms with van der Waals surface area (Å²) in [5.74, 6) is 0.517. The lowest BCUT2D eigenvalue weighted by molar-refractivity contribution is -0.118. The molecule has 3 rings (SSSR count). The van der Waals surface area contributed by atoms with Crippen molar-refractivity contribution in [3.05, 3.63) is 82.5 Å². The fourth-order valence-electron chi connectivity index (χ4n) is 2.90. The molecule has 31 heavy (non-hydrogen) atoms. The van der Waals surface area contributed by atoms with Crippen molar-refractivity contribution in [2.45, 2.75) is 6.54 Å². The third kappa shape index (κ3) is 6.29. The number of ether oxygens (including phenoxy) is 1. The molecule has 0 radical (unpaired) electrons. The van der Waals surface area contributed by atoms with E-state index in [-0.39, 0.29) is 18.4 Å². The molecule has 0 aliphatic carbocycles. The number of carbonyl (C=O) groups excluding carboxylic acids is 2. The van der Waals surface area contributed by atoms with Crippen LogP contribution in [0.2, 0.25) is 0 Å². The third-order valence-corrected chi connectivity index (χ3v) is 4.88. The molecule has 0 saturated heterocycles. The Morgan fingerprint density at radius 2 is 1.77 bits per heavy atom. The lowest BCUT2D eigenvalue weighted by Gasteiger charge is -2.16. The Balaban J connectivity index is 1.61. The molecule has 0 aliphatic heterocycles. The Hall–Kier alpha value is -3.39. The zero-order valence-corrected chi connectivity index (χ0v) is 18.8. The molecule has 0 aliphatic rings. The number of hydrogen-bond acceptors (Lipinski definition) is 5. The average molecular weight is 483 g/mol. The molecule has 2 amide bonds. The maximum Gasteiger partial charge on any atom is 0.262 e. The van der Waals surface area contributed by atoms with Gasteiger partial charge < -0.3 is 20.3 Å². The first-order valence-corrected chi connectivity index (χ1v) is 10.4. The van der Waals surface area contributed by atoms with E-state index in [1.807, 2.05) is 43.3 Å². The summed E-state index contributed by atoms with van der Waals surface area (Å²) in [5, 5.41) is 5.65. The van der Waals surface area contributed by atoms with E-state index in [1.54, 1.807) is 42.6 Å². The second kappa shape index (κ2) is 10.6. The molecule has 0 spiro atoms. The highest BCUT2D eigenvalue weighted by molar-refractivity contribution is 9.10. The van der Waals surface area contributed by atoms with Crippen molar-refractivity contribution in [2.75, 3.05) is 30.9 Å². The van der Waals surface area contributed by atoms with Crippen molar-refractivity contribution >= 4 is 39.2 Å². The van der Waals surface area contributed by atoms with Gasteiger partial charge in [-0.1, -0.05) is 34.1 Å². The number of pyridine rings is 1. The van der Waals surface area contributed by atoms with Crippen LogP contribution in [0.15, 0.2) is 71.3 Å². The van der Waals surface area contributed by atoms with Crippen molar-refractivity contribution < 1.29 is 14.3 Å². The number of halogens is 1. The van der Waals surface area contributed by atoms with Gasteiger partial charge in [0.2, 0.25) is 0 Å². The van der Waals surface area contributed by atoms with Crippen molar-refractivity contribution in [3.63, 3.8) is 0 Å². The predicted octanol–water partition coefficient (Wildman–Crippen LogP) is 3.86. The number of aromatic nitrogens is 1. The van der Waals surface area contributed by atoms with Crippen LogP contribution in [0.25, 0.3) is 0 Å². The maximum absolute atomic E-state index is 12.8. The molecular weight excluding hydrogens is 460 g/mol. The first-order valence-electron chi connectivity index (χ1n) is 9.60. The molecule has 0 unspecified atom stereocenters. The SMILES string of the molecule is CN(C)c1ncccc1CNC(=O)c1ccccc1OCC(=O)Nc1ccc(Br)cc1. The Morgan fingerprint density at radius 1 is 1.03 bits per heavy atom. The minimum Gasteiger partial charge on any atom is -0.483 e. The molecule has 2 aromatic carbocycles. The first-order chi connectivity index (χ1) is 14.9. The molecule has 1 heterocycles. The summed E-state index contributed by atoms with van der Waals surface area (Å²) in [4.78, 5) is 31.2. The van der Waals surface area contributed by atoms with E-state index in [1.165, 1.54) is 0 Å². The second-order valence-electron chi connectivity index (χ2n) is 6.90. The predicted molar refractivity (Wildman–Crippen MR) is 124 cm³/mol. The number of nitrogens with zero attached hydrogens (tertiary/aromatic N) is 2. The monoisotopic (exact) mass is 482 g/mol. The molecule has 0 fully saturated rings. The number of anilines is 2. The molecule has 7 nitrogen and oxygen atoms in total. The van der Waals surface area contributed by atoms with Gasteiger partial charge in [0.15, 0.2) is 6.61 Å². The molecular formula is C23H23BrN4O3. The normalized spacial score (nSPS) is 10.3. The van der Waals surface area contributed by atoms with Crippen LogP contribution in [0.4, 0.5) is 11.5 Å². The minimum absolute atomic E-state index is 0.215. The van der Waals surface area contributed by atoms with E-state index in [0.717, 1.165) is 15.9 Å². The molecule has 0 bridgehead atoms. The Kier molecular flexibility index (Phi) is 7.61. The Labute approximate surface area is 189 Å². The van der Waals surface area contributed by atoms with Gasteiger partial charge in [0.1, 0.15) is 11.6 Å². The number of nitrogens with one attached hydrogen (secondary N) is 2. The molecule has 2 N–H and O–H groups in total. The minimum atomic E-state index is -0.316. The van der Waals surface area contributed by atoms with Gasteiger partial charge in [-0.2, -0.15) is 0 Å². The first kappa shape index (κ1) is 22.3. The lowest BCUT2D eigenvalue weighted by atomic mass is 10.1. The fraction of sp³-hybridized carbons (Fsp3) is 0.174. The highest BCUT2D eigenvalue weighted by Crippen LogP contribution is 2.20. The number of para-hydroxylation sites is 1. The van der Waals surface area contributed by atoms with Crippen LogP contribution in [0.1, 0.15) is 15.9 Å². The van der Waals surface area contributed by atoms with Gasteiger partial charge >= 0.3 is 0 Å². The number of rotatable bonds is 8. The van der Waals surface area contributed by atoms with Crippen LogP contribution in [0, 0.1) is 0 Å². The van der Waals surface area contributed by atoms with E-state index in [2.05, 4.69) is 31.5 Å². The van der Waals surface area contributed by atoms with Crippen LogP contribution < -0.4 is 20.3 Å². The van der Waals surface area contributed by atoms with Gasteiger partial charge in [-0.25, -0.2) is 4.98 Å². The highest BCUT2D eigenvalue weighted by Gasteiger charge is 2.14. The summed E-state index contributed by atoms with van der Waals surface area (Å²) in [6.07, 6.45) is 1.71. The number of carbonyl (C=O) groups is 2. The van der Waals surface area contributed by atoms with Crippen LogP contribution in [-0.4, -0.2) is 37.5 Å². The van der Waals surface area contributed by atoms with Crippen molar-refractivity contribution in [1.29, 1.82) is 0 Å². The third-order valence-electron chi connectivity index (χ3n) is 4.35. The van der Waals surface area contributed by atoms with Crippen molar-refractivity contribution in [3.8, 4) is 5.75 Å². The molecule has 3 aromatic rings. The van der Waals surface area contributed by atoms with Crippen molar-refractivity contribution in [2.24, 2.45) is 0 Å². The second-order valence-corrected chi connectivity index (χ2v) is 7.82. The van der Waals surface area contributed by atoms with Crippen LogP contribution in [-0.2, 0) is 11.3 Å². The summed E-state index contributed by atoms with van der Waals surface area (Å²) in [5.41, 5.74) is 1.92. The van der Waals surface area contributed by atoms with Gasteiger partial charge in [-0.05, 0) is 42.5 Å². The average Bonchev–Trinajstić information content (AvgIpc) is 2.78. The quantitative estimate of drug-likeness (QED) is 0.509. The molecule has 8 heteroatoms. The standard InChI is InChI=1S/C23H23BrN4O3/c1-28(2)22-16(6-5-13-25-22)14-26-23(30)19-7-3-4-8-20(19)31-15-21(29)27-18-11-9-17(24)10-12-18/h3-13H,14-15H2,1-2H3,(H,26,30)(H,27,29). The number of benzene rings is 2. The van der Waals surface area contributed by atoms with Gasteiger partial charge in [-0.15, -0.1) is 0 Å². The Bertz CT molecular complexity index is 1050. The maximum atomic E-state index is 12.8. The van der Waals surface area contributed by atoms with E-state index in [4.69, 9.17) is 4.74 Å². The summed E-state index contributed by atoms with van der Waals surface area (Å²) in [7, 11) is 3.80. The van der Waals surface area contributed by atoms with Crippen LogP contribution in [0.5, 0.6) is 5.75 Å². The van der Waals surface area contributed by atoms with Gasteiger partial charge in [0, 0.05) is 42.6 Å². The van der Waals surface area contributed by atoms with Crippen LogP contribution in [0.3, 0.4) is 0 Å². The lowest BCUT2D eigenvalue weighted by Crippen LogP contribution is -2.26. The van der Waals surface area contributed by atoms with Gasteiger partial charge in [-0.3, -0.25) is 9.59 Å². The van der Waals surface area contributed by atoms with Gasteiger partial charge in [0.05, 0.1) is 5.56 Å². The largest absolute Gasteiger partial charge is 0.483 e. The van der Waals surface area contributed by atoms with E-state index < -0.39 is 0 Å². The molecule has 0 saturated carbocycles. The van der Waals surface area contributed by atoms with Crippen LogP contribution >= 0.6 is 15.9 Å². The summed E-state index contributed by atoms with van der Waals surface area (Å²) in [6.45, 7) is 0.103. The molecule has 0 atom stereocenters. The highest BCUT2D eigenvalue weighted by atomic mass is 79.9. The molecule has 1 aromatic heterocycles. The zero-order valence-electron chi connectivity index (χ0n) is 17.3. The number of amides is 2. The van der Waals surface area contributed by atoms with Crippen molar-refractivity contribution in [1.82, 2.24) is 10.3 Å². The smallest absolute Gasteiger partial charge is 0.262 e. The van der Waals surface area contributed by atoms with E-state index in [9.17, 15) is 9.59 Å². The summed E-state index contributed by atoms with van der Waals surface area (Å²) >= 11 is 3.35. The number of hydrogen-bond donors (Lipinski definition) is 2. The van der Waals surface area contributed by atoms with E-state index >= 15 is 0 Å². The summed E-state index contributed by atoms with van der Waals surface area (Å²) < 4.78 is 6.55. The fourth-order valence-corrected chi connectivity index (χ4v) is 3.16. The topological polar surface area (TPSA) is 83.6 Å². The molecule has 160 valence electrons.